The van der Waals surface area contributed by atoms with Crippen molar-refractivity contribution in [2.45, 2.75) is 45.0 Å². The van der Waals surface area contributed by atoms with Crippen LogP contribution in [0, 0.1) is 0 Å². The van der Waals surface area contributed by atoms with Crippen LogP contribution in [0.4, 0.5) is 18.9 Å². The summed E-state index contributed by atoms with van der Waals surface area (Å²) in [6.45, 7) is 1.75. The van der Waals surface area contributed by atoms with Crippen molar-refractivity contribution in [3.63, 3.8) is 0 Å². The summed E-state index contributed by atoms with van der Waals surface area (Å²) in [5.41, 5.74) is 1.53. The molecule has 0 amide bonds. The van der Waals surface area contributed by atoms with Gasteiger partial charge in [-0.15, -0.1) is 0 Å². The van der Waals surface area contributed by atoms with Crippen LogP contribution in [0.25, 0.3) is 0 Å². The molecule has 0 saturated heterocycles. The van der Waals surface area contributed by atoms with Crippen LogP contribution in [0.5, 0.6) is 0 Å². The molecule has 5 heteroatoms. The summed E-state index contributed by atoms with van der Waals surface area (Å²) < 4.78 is 36.0. The number of nitrogens with one attached hydrogen (secondary N) is 1. The van der Waals surface area contributed by atoms with Gasteiger partial charge in [-0.25, -0.2) is 0 Å². The lowest BCUT2D eigenvalue weighted by atomic mass is 10.1. The maximum absolute atomic E-state index is 12.0. The molecule has 1 unspecified atom stereocenters. The van der Waals surface area contributed by atoms with Crippen LogP contribution in [0.2, 0.25) is 0 Å². The zero-order valence-corrected chi connectivity index (χ0v) is 10.3. The molecule has 1 atom stereocenters. The number of aliphatic hydroxyl groups is 1. The van der Waals surface area contributed by atoms with E-state index in [1.165, 1.54) is 0 Å². The van der Waals surface area contributed by atoms with Gasteiger partial charge in [0.1, 0.15) is 0 Å². The van der Waals surface area contributed by atoms with Gasteiger partial charge >= 0.3 is 6.18 Å². The van der Waals surface area contributed by atoms with E-state index in [-0.39, 0.29) is 19.1 Å². The molecular weight excluding hydrogens is 243 g/mol. The summed E-state index contributed by atoms with van der Waals surface area (Å²) in [6, 6.07) is 7.17. The summed E-state index contributed by atoms with van der Waals surface area (Å²) in [4.78, 5) is 0. The Morgan fingerprint density at radius 3 is 2.56 bits per heavy atom. The van der Waals surface area contributed by atoms with Gasteiger partial charge in [0, 0.05) is 23.7 Å². The number of anilines is 1. The highest BCUT2D eigenvalue weighted by Gasteiger charge is 2.26. The highest BCUT2D eigenvalue weighted by molar-refractivity contribution is 5.51. The second kappa shape index (κ2) is 6.64. The first-order valence-corrected chi connectivity index (χ1v) is 5.94. The number of aliphatic hydroxyl groups excluding tert-OH is 1. The zero-order chi connectivity index (χ0) is 13.6. The lowest BCUT2D eigenvalue weighted by Crippen LogP contribution is -2.17. The van der Waals surface area contributed by atoms with Gasteiger partial charge in [-0.3, -0.25) is 0 Å². The van der Waals surface area contributed by atoms with Crippen LogP contribution in [0.1, 0.15) is 31.7 Å². The van der Waals surface area contributed by atoms with E-state index in [9.17, 15) is 13.2 Å². The fourth-order valence-electron chi connectivity index (χ4n) is 1.75. The first-order valence-electron chi connectivity index (χ1n) is 5.94. The fourth-order valence-corrected chi connectivity index (χ4v) is 1.75. The first kappa shape index (κ1) is 14.8. The van der Waals surface area contributed by atoms with Crippen molar-refractivity contribution in [2.75, 3.05) is 5.32 Å². The smallest absolute Gasteiger partial charge is 0.389 e. The molecule has 0 heterocycles. The van der Waals surface area contributed by atoms with Crippen molar-refractivity contribution >= 4 is 5.69 Å². The van der Waals surface area contributed by atoms with E-state index >= 15 is 0 Å². The molecule has 0 aliphatic carbocycles. The van der Waals surface area contributed by atoms with Gasteiger partial charge in [-0.05, 0) is 25.8 Å². The number of benzene rings is 1. The molecule has 18 heavy (non-hydrogen) atoms. The van der Waals surface area contributed by atoms with Crippen LogP contribution in [-0.4, -0.2) is 17.3 Å². The van der Waals surface area contributed by atoms with Crippen LogP contribution < -0.4 is 5.32 Å². The van der Waals surface area contributed by atoms with E-state index in [1.807, 2.05) is 25.1 Å². The van der Waals surface area contributed by atoms with Crippen molar-refractivity contribution < 1.29 is 18.3 Å². The Kier molecular flexibility index (Phi) is 5.47. The Balaban J connectivity index is 2.42. The second-order valence-corrected chi connectivity index (χ2v) is 4.37. The van der Waals surface area contributed by atoms with E-state index in [2.05, 4.69) is 5.32 Å². The van der Waals surface area contributed by atoms with Gasteiger partial charge in [0.2, 0.25) is 0 Å². The SMILES string of the molecule is CC(CCCC(F)(F)F)Nc1ccccc1CO. The molecule has 0 radical (unpaired) electrons. The first-order chi connectivity index (χ1) is 8.42. The van der Waals surface area contributed by atoms with Crippen molar-refractivity contribution in [1.29, 1.82) is 0 Å². The van der Waals surface area contributed by atoms with Crippen LogP contribution in [-0.2, 0) is 6.61 Å². The van der Waals surface area contributed by atoms with E-state index in [0.29, 0.717) is 6.42 Å². The normalized spacial score (nSPS) is 13.4. The molecule has 2 N–H and O–H groups in total. The number of halogens is 3. The van der Waals surface area contributed by atoms with Crippen molar-refractivity contribution in [1.82, 2.24) is 0 Å². The van der Waals surface area contributed by atoms with Gasteiger partial charge in [0.05, 0.1) is 6.61 Å². The predicted molar refractivity (Wildman–Crippen MR) is 65.4 cm³/mol. The summed E-state index contributed by atoms with van der Waals surface area (Å²) in [5.74, 6) is 0. The van der Waals surface area contributed by atoms with Crippen molar-refractivity contribution in [2.24, 2.45) is 0 Å². The molecule has 0 aromatic heterocycles. The Morgan fingerprint density at radius 2 is 1.94 bits per heavy atom. The summed E-state index contributed by atoms with van der Waals surface area (Å²) in [6.07, 6.45) is -4.28. The monoisotopic (exact) mass is 261 g/mol. The minimum absolute atomic E-state index is 0.0555. The largest absolute Gasteiger partial charge is 0.392 e. The minimum atomic E-state index is -4.08. The van der Waals surface area contributed by atoms with Crippen molar-refractivity contribution in [3.8, 4) is 0 Å². The van der Waals surface area contributed by atoms with Gasteiger partial charge < -0.3 is 10.4 Å². The number of hydrogen-bond donors (Lipinski definition) is 2. The molecule has 0 aliphatic heterocycles. The predicted octanol–water partition coefficient (Wildman–Crippen LogP) is 3.71. The highest BCUT2D eigenvalue weighted by Crippen LogP contribution is 2.23. The Labute approximate surface area is 105 Å². The third kappa shape index (κ3) is 5.40. The number of hydrogen-bond acceptors (Lipinski definition) is 2. The molecule has 0 bridgehead atoms. The molecule has 1 aromatic carbocycles. The van der Waals surface area contributed by atoms with Gasteiger partial charge in [-0.2, -0.15) is 13.2 Å². The van der Waals surface area contributed by atoms with E-state index < -0.39 is 12.6 Å². The second-order valence-electron chi connectivity index (χ2n) is 4.37. The van der Waals surface area contributed by atoms with Crippen LogP contribution >= 0.6 is 0 Å². The molecule has 0 aliphatic rings. The highest BCUT2D eigenvalue weighted by atomic mass is 19.4. The molecule has 2 nitrogen and oxygen atoms in total. The summed E-state index contributed by atoms with van der Waals surface area (Å²) >= 11 is 0. The summed E-state index contributed by atoms with van der Waals surface area (Å²) in [5, 5.41) is 12.2. The van der Waals surface area contributed by atoms with Crippen LogP contribution in [0.15, 0.2) is 24.3 Å². The lowest BCUT2D eigenvalue weighted by Gasteiger charge is -2.17. The van der Waals surface area contributed by atoms with E-state index in [4.69, 9.17) is 5.11 Å². The third-order valence-corrected chi connectivity index (χ3v) is 2.69. The van der Waals surface area contributed by atoms with Crippen LogP contribution in [0.3, 0.4) is 0 Å². The van der Waals surface area contributed by atoms with E-state index in [1.54, 1.807) is 6.07 Å². The molecule has 0 fully saturated rings. The number of alkyl halides is 3. The fraction of sp³-hybridized carbons (Fsp3) is 0.538. The maximum atomic E-state index is 12.0. The molecule has 0 saturated carbocycles. The Morgan fingerprint density at radius 1 is 1.28 bits per heavy atom. The maximum Gasteiger partial charge on any atom is 0.389 e. The lowest BCUT2D eigenvalue weighted by molar-refractivity contribution is -0.135. The summed E-state index contributed by atoms with van der Waals surface area (Å²) in [7, 11) is 0. The molecule has 102 valence electrons. The third-order valence-electron chi connectivity index (χ3n) is 2.69. The molecule has 1 rings (SSSR count). The van der Waals surface area contributed by atoms with Gasteiger partial charge in [0.15, 0.2) is 0 Å². The average molecular weight is 261 g/mol. The topological polar surface area (TPSA) is 32.3 Å². The van der Waals surface area contributed by atoms with Gasteiger partial charge in [0.25, 0.3) is 0 Å². The standard InChI is InChI=1S/C13H18F3NO/c1-10(5-4-8-13(14,15)16)17-12-7-3-2-6-11(12)9-18/h2-3,6-7,10,17-18H,4-5,8-9H2,1H3. The molecule has 0 spiro atoms. The quantitative estimate of drug-likeness (QED) is 0.818. The molecule has 1 aromatic rings. The minimum Gasteiger partial charge on any atom is -0.392 e. The number of para-hydroxylation sites is 1. The van der Waals surface area contributed by atoms with Gasteiger partial charge in [-0.1, -0.05) is 18.2 Å². The average Bonchev–Trinajstić information content (AvgIpc) is 2.28. The van der Waals surface area contributed by atoms with E-state index in [0.717, 1.165) is 11.3 Å². The Bertz CT molecular complexity index is 365. The molecular formula is C13H18F3NO. The zero-order valence-electron chi connectivity index (χ0n) is 10.3. The van der Waals surface area contributed by atoms with Crippen molar-refractivity contribution in [3.05, 3.63) is 29.8 Å². The number of rotatable bonds is 6. The Hall–Kier alpha value is -1.23.